The fraction of sp³-hybridized carbons (Fsp3) is 0.443. The summed E-state index contributed by atoms with van der Waals surface area (Å²) in [6.07, 6.45) is 11.3. The van der Waals surface area contributed by atoms with Crippen molar-refractivity contribution in [1.82, 2.24) is 0 Å². The highest BCUT2D eigenvalue weighted by molar-refractivity contribution is 5.65. The van der Waals surface area contributed by atoms with Crippen molar-refractivity contribution in [3.05, 3.63) is 213 Å². The Hall–Kier alpha value is -6.52. The molecule has 4 nitrogen and oxygen atoms in total. The Morgan fingerprint density at radius 3 is 0.904 bits per heavy atom. The van der Waals surface area contributed by atoms with Gasteiger partial charge >= 0.3 is 0 Å². The second-order valence-electron chi connectivity index (χ2n) is 27.1. The van der Waals surface area contributed by atoms with Crippen LogP contribution in [-0.4, -0.2) is 0 Å². The van der Waals surface area contributed by atoms with Gasteiger partial charge in [-0.1, -0.05) is 166 Å². The number of aromatic nitrogens is 4. The van der Waals surface area contributed by atoms with Crippen LogP contribution in [0.25, 0.3) is 45.0 Å². The molecule has 0 fully saturated rings. The Bertz CT molecular complexity index is 3360. The first kappa shape index (κ1) is 67.3. The molecule has 4 heterocycles. The van der Waals surface area contributed by atoms with E-state index in [9.17, 15) is 0 Å². The summed E-state index contributed by atoms with van der Waals surface area (Å²) in [6, 6.07) is 45.5. The van der Waals surface area contributed by atoms with E-state index in [1.807, 2.05) is 0 Å². The molecule has 442 valence electrons. The van der Waals surface area contributed by atoms with Crippen molar-refractivity contribution in [2.45, 2.75) is 199 Å². The van der Waals surface area contributed by atoms with Crippen LogP contribution >= 0.6 is 0 Å². The lowest BCUT2D eigenvalue weighted by atomic mass is 9.85. The fourth-order valence-electron chi connectivity index (χ4n) is 10.9. The summed E-state index contributed by atoms with van der Waals surface area (Å²) in [7, 11) is 8.56. The van der Waals surface area contributed by atoms with Crippen LogP contribution in [-0.2, 0) is 40.0 Å². The number of rotatable bonds is 13. The first-order chi connectivity index (χ1) is 38.9. The summed E-state index contributed by atoms with van der Waals surface area (Å²) < 4.78 is 8.99. The second-order valence-corrected chi connectivity index (χ2v) is 27.1. The third-order valence-electron chi connectivity index (χ3n) is 16.8. The van der Waals surface area contributed by atoms with Gasteiger partial charge in [0.1, 0.15) is 28.2 Å². The Labute approximate surface area is 506 Å². The molecule has 0 N–H and O–H groups in total. The van der Waals surface area contributed by atoms with E-state index < -0.39 is 0 Å². The largest absolute Gasteiger partial charge is 0.212 e. The first-order valence-electron chi connectivity index (χ1n) is 31.3. The first-order valence-corrected chi connectivity index (χ1v) is 31.3. The van der Waals surface area contributed by atoms with Crippen LogP contribution < -0.4 is 18.3 Å². The molecule has 4 heteroatoms. The molecule has 4 aromatic carbocycles. The van der Waals surface area contributed by atoms with Crippen molar-refractivity contribution < 1.29 is 18.3 Å². The van der Waals surface area contributed by atoms with E-state index in [1.165, 1.54) is 118 Å². The lowest BCUT2D eigenvalue weighted by Crippen LogP contribution is -2.31. The molecule has 0 bridgehead atoms. The number of hydrogen-bond acceptors (Lipinski definition) is 0. The standard InChI is InChI=1S/3C20H28N.C19H26N/c1-14(2)16-8-11-19(21(7)13-16)18-10-9-17(12-15(18)3)20(4,5)6;1-14(2)11-17-7-9-19(16(5)12-17)20-10-8-18(15(3)4)13-21(20)6;1-7-15(4)17-8-10-19(16(5)12-17)20-11-9-18(14(2)3)13-21(20)6;1-13(2)16-7-9-18(15(5)11-16)19-10-8-17(14(3)4)12-20(19)6/h8-14H,1-7H3;7-10,12-15H,11H2,1-6H3;8-15H,7H2,1-6H3;7-14H,1-6H3/q4*+1. The number of nitrogens with zero attached hydrogens (tertiary/aromatic N) is 4. The van der Waals surface area contributed by atoms with Crippen molar-refractivity contribution in [3.63, 3.8) is 0 Å². The fourth-order valence-corrected chi connectivity index (χ4v) is 10.9. The van der Waals surface area contributed by atoms with Crippen molar-refractivity contribution in [1.29, 1.82) is 0 Å². The van der Waals surface area contributed by atoms with E-state index in [4.69, 9.17) is 0 Å². The van der Waals surface area contributed by atoms with Crippen molar-refractivity contribution in [2.75, 3.05) is 0 Å². The van der Waals surface area contributed by atoms with Crippen LogP contribution in [0, 0.1) is 33.6 Å². The van der Waals surface area contributed by atoms with Gasteiger partial charge in [-0.15, -0.1) is 0 Å². The number of pyridine rings is 4. The predicted octanol–water partition coefficient (Wildman–Crippen LogP) is 19.6. The lowest BCUT2D eigenvalue weighted by molar-refractivity contribution is -0.661. The molecule has 8 rings (SSSR count). The molecular formula is C79H110N4+4. The van der Waals surface area contributed by atoms with Crippen LogP contribution in [0.5, 0.6) is 0 Å². The van der Waals surface area contributed by atoms with Crippen LogP contribution in [0.1, 0.15) is 226 Å². The molecule has 0 radical (unpaired) electrons. The van der Waals surface area contributed by atoms with Crippen LogP contribution in [0.4, 0.5) is 0 Å². The van der Waals surface area contributed by atoms with Gasteiger partial charge in [0.05, 0.1) is 0 Å². The molecule has 8 aromatic rings. The summed E-state index contributed by atoms with van der Waals surface area (Å²) in [5.41, 5.74) is 27.3. The van der Waals surface area contributed by atoms with E-state index in [2.05, 4.69) is 338 Å². The molecule has 0 saturated heterocycles. The van der Waals surface area contributed by atoms with E-state index in [-0.39, 0.29) is 5.41 Å². The summed E-state index contributed by atoms with van der Waals surface area (Å²) in [5.74, 6) is 4.19. The zero-order valence-corrected chi connectivity index (χ0v) is 56.6. The van der Waals surface area contributed by atoms with Gasteiger partial charge in [0.15, 0.2) is 24.8 Å². The molecule has 0 amide bonds. The van der Waals surface area contributed by atoms with Crippen molar-refractivity contribution >= 4 is 0 Å². The van der Waals surface area contributed by atoms with Gasteiger partial charge in [-0.3, -0.25) is 0 Å². The molecule has 0 spiro atoms. The van der Waals surface area contributed by atoms with Gasteiger partial charge in [-0.25, -0.2) is 18.3 Å². The van der Waals surface area contributed by atoms with Gasteiger partial charge < -0.3 is 0 Å². The Balaban J connectivity index is 0.000000203. The van der Waals surface area contributed by atoms with E-state index in [1.54, 1.807) is 0 Å². The summed E-state index contributed by atoms with van der Waals surface area (Å²) in [5, 5.41) is 0. The van der Waals surface area contributed by atoms with Crippen LogP contribution in [0.3, 0.4) is 0 Å². The molecule has 4 aromatic heterocycles. The Morgan fingerprint density at radius 2 is 0.627 bits per heavy atom. The average Bonchev–Trinajstić information content (AvgIpc) is 3.46. The zero-order valence-electron chi connectivity index (χ0n) is 56.6. The van der Waals surface area contributed by atoms with Crippen molar-refractivity contribution in [3.8, 4) is 45.0 Å². The normalized spacial score (nSPS) is 11.9. The third-order valence-corrected chi connectivity index (χ3v) is 16.8. The summed E-state index contributed by atoms with van der Waals surface area (Å²) >= 11 is 0. The SMILES string of the molecule is CCC(C)c1ccc(-c2ccc(C(C)C)c[n+]2C)c(C)c1.Cc1cc(C(C)(C)C)ccc1-c1ccc(C(C)C)c[n+]1C.Cc1cc(C(C)C)ccc1-c1ccc(C(C)C)c[n+]1C.Cc1cc(CC(C)C)ccc1-c1ccc(C(C)C)c[n+]1C. The Kier molecular flexibility index (Phi) is 24.2. The highest BCUT2D eigenvalue weighted by Gasteiger charge is 2.21. The highest BCUT2D eigenvalue weighted by Crippen LogP contribution is 2.31. The molecule has 0 aliphatic heterocycles. The molecule has 1 unspecified atom stereocenters. The number of aryl methyl sites for hydroxylation is 8. The van der Waals surface area contributed by atoms with Crippen LogP contribution in [0.2, 0.25) is 0 Å². The van der Waals surface area contributed by atoms with Crippen LogP contribution in [0.15, 0.2) is 146 Å². The lowest BCUT2D eigenvalue weighted by Gasteiger charge is -2.20. The summed E-state index contributed by atoms with van der Waals surface area (Å²) in [4.78, 5) is 0. The minimum atomic E-state index is 0.201. The van der Waals surface area contributed by atoms with Gasteiger partial charge in [0.2, 0.25) is 22.8 Å². The monoisotopic (exact) mass is 1110 g/mol. The minimum Gasteiger partial charge on any atom is -0.201 e. The predicted molar refractivity (Wildman–Crippen MR) is 358 cm³/mol. The number of hydrogen-bond donors (Lipinski definition) is 0. The Morgan fingerprint density at radius 1 is 0.337 bits per heavy atom. The molecule has 0 aliphatic rings. The highest BCUT2D eigenvalue weighted by atomic mass is 14.9. The zero-order chi connectivity index (χ0) is 61.8. The summed E-state index contributed by atoms with van der Waals surface area (Å²) in [6.45, 7) is 47.1. The van der Waals surface area contributed by atoms with Gasteiger partial charge in [-0.05, 0) is 180 Å². The second kappa shape index (κ2) is 29.8. The third kappa shape index (κ3) is 18.2. The maximum atomic E-state index is 2.35. The average molecular weight is 1120 g/mol. The molecule has 0 saturated carbocycles. The van der Waals surface area contributed by atoms with Gasteiger partial charge in [-0.2, -0.15) is 0 Å². The quantitative estimate of drug-likeness (QED) is 0.102. The smallest absolute Gasteiger partial charge is 0.201 e. The molecule has 1 atom stereocenters. The topological polar surface area (TPSA) is 15.5 Å². The van der Waals surface area contributed by atoms with Gasteiger partial charge in [0, 0.05) is 68.8 Å². The van der Waals surface area contributed by atoms with E-state index >= 15 is 0 Å². The van der Waals surface area contributed by atoms with E-state index in [0.29, 0.717) is 41.4 Å². The minimum absolute atomic E-state index is 0.201. The maximum Gasteiger partial charge on any atom is 0.212 e. The number of benzene rings is 4. The molecule has 83 heavy (non-hydrogen) atoms. The van der Waals surface area contributed by atoms with E-state index in [0.717, 1.165) is 6.42 Å². The van der Waals surface area contributed by atoms with Gasteiger partial charge in [0.25, 0.3) is 0 Å². The molecule has 0 aliphatic carbocycles. The van der Waals surface area contributed by atoms with Crippen molar-refractivity contribution in [2.24, 2.45) is 34.1 Å². The maximum absolute atomic E-state index is 2.35. The molecular weight excluding hydrogens is 1000 g/mol.